The Morgan fingerprint density at radius 1 is 1.14 bits per heavy atom. The lowest BCUT2D eigenvalue weighted by atomic mass is 10.0. The van der Waals surface area contributed by atoms with Gasteiger partial charge in [-0.15, -0.1) is 0 Å². The van der Waals surface area contributed by atoms with Crippen molar-refractivity contribution in [2.75, 3.05) is 6.61 Å². The van der Waals surface area contributed by atoms with E-state index in [4.69, 9.17) is 4.74 Å². The van der Waals surface area contributed by atoms with E-state index in [2.05, 4.69) is 31.9 Å². The Hall–Kier alpha value is -0.940. The minimum atomic E-state index is -0.524. The van der Waals surface area contributed by atoms with Gasteiger partial charge in [-0.3, -0.25) is 0 Å². The highest BCUT2D eigenvalue weighted by Crippen LogP contribution is 2.34. The van der Waals surface area contributed by atoms with Gasteiger partial charge in [0.05, 0.1) is 11.1 Å². The second kappa shape index (κ2) is 7.36. The minimum Gasteiger partial charge on any atom is -0.493 e. The van der Waals surface area contributed by atoms with Gasteiger partial charge >= 0.3 is 0 Å². The van der Waals surface area contributed by atoms with E-state index in [9.17, 15) is 8.78 Å². The van der Waals surface area contributed by atoms with Crippen molar-refractivity contribution in [1.29, 1.82) is 0 Å². The molecular weight excluding hydrogens is 406 g/mol. The highest BCUT2D eigenvalue weighted by atomic mass is 79.9. The van der Waals surface area contributed by atoms with Crippen molar-refractivity contribution in [3.05, 3.63) is 63.6 Å². The molecule has 1 atom stereocenters. The summed E-state index contributed by atoms with van der Waals surface area (Å²) in [6, 6.07) is 9.52. The Bertz CT molecular complexity index is 611. The summed E-state index contributed by atoms with van der Waals surface area (Å²) in [5.41, 5.74) is 1.01. The third kappa shape index (κ3) is 4.04. The predicted octanol–water partition coefficient (Wildman–Crippen LogP) is 5.80. The molecule has 0 heterocycles. The Balaban J connectivity index is 2.20. The summed E-state index contributed by atoms with van der Waals surface area (Å²) in [4.78, 5) is -0.184. The topological polar surface area (TPSA) is 9.23 Å². The molecular formula is C16H14Br2F2O. The van der Waals surface area contributed by atoms with Gasteiger partial charge in [-0.1, -0.05) is 28.1 Å². The molecule has 2 aromatic carbocycles. The van der Waals surface area contributed by atoms with Crippen LogP contribution in [-0.2, 0) is 6.42 Å². The van der Waals surface area contributed by atoms with Crippen LogP contribution in [0.2, 0.25) is 0 Å². The molecule has 0 aliphatic carbocycles. The number of ether oxygens (including phenoxy) is 1. The molecule has 0 aromatic heterocycles. The van der Waals surface area contributed by atoms with E-state index in [0.717, 1.165) is 15.8 Å². The average molecular weight is 420 g/mol. The highest BCUT2D eigenvalue weighted by molar-refractivity contribution is 9.10. The van der Waals surface area contributed by atoms with E-state index in [1.54, 1.807) is 0 Å². The third-order valence-corrected chi connectivity index (χ3v) is 4.53. The molecule has 0 saturated heterocycles. The maximum Gasteiger partial charge on any atom is 0.133 e. The van der Waals surface area contributed by atoms with Crippen LogP contribution in [0.4, 0.5) is 8.78 Å². The fourth-order valence-corrected chi connectivity index (χ4v) is 3.13. The van der Waals surface area contributed by atoms with Gasteiger partial charge in [0.15, 0.2) is 0 Å². The summed E-state index contributed by atoms with van der Waals surface area (Å²) in [7, 11) is 0. The summed E-state index contributed by atoms with van der Waals surface area (Å²) in [5, 5.41) is 0. The molecule has 0 bridgehead atoms. The summed E-state index contributed by atoms with van der Waals surface area (Å²) < 4.78 is 33.6. The summed E-state index contributed by atoms with van der Waals surface area (Å²) in [6.07, 6.45) is 0.235. The molecule has 0 fully saturated rings. The number of benzene rings is 2. The minimum absolute atomic E-state index is 0.0874. The van der Waals surface area contributed by atoms with Crippen LogP contribution in [0.15, 0.2) is 40.9 Å². The number of alkyl halides is 1. The molecule has 0 spiro atoms. The van der Waals surface area contributed by atoms with E-state index in [0.29, 0.717) is 6.61 Å². The lowest BCUT2D eigenvalue weighted by Gasteiger charge is -2.14. The van der Waals surface area contributed by atoms with Gasteiger partial charge in [-0.05, 0) is 59.1 Å². The molecule has 0 N–H and O–H groups in total. The molecule has 0 aliphatic heterocycles. The molecule has 1 nitrogen and oxygen atoms in total. The summed E-state index contributed by atoms with van der Waals surface area (Å²) in [5.74, 6) is -0.299. The molecule has 112 valence electrons. The largest absolute Gasteiger partial charge is 0.493 e. The smallest absolute Gasteiger partial charge is 0.133 e. The first-order valence-corrected chi connectivity index (χ1v) is 8.23. The summed E-state index contributed by atoms with van der Waals surface area (Å²) >= 11 is 6.93. The number of hydrogen-bond donors (Lipinski definition) is 0. The van der Waals surface area contributed by atoms with Crippen LogP contribution in [0, 0.1) is 11.6 Å². The van der Waals surface area contributed by atoms with Gasteiger partial charge in [0, 0.05) is 10.4 Å². The first-order valence-electron chi connectivity index (χ1n) is 6.52. The molecule has 0 saturated carbocycles. The van der Waals surface area contributed by atoms with Crippen LogP contribution >= 0.6 is 31.9 Å². The van der Waals surface area contributed by atoms with Crippen molar-refractivity contribution in [1.82, 2.24) is 0 Å². The number of rotatable bonds is 5. The second-order valence-electron chi connectivity index (χ2n) is 4.49. The molecule has 2 rings (SSSR count). The van der Waals surface area contributed by atoms with Gasteiger partial charge < -0.3 is 4.74 Å². The average Bonchev–Trinajstić information content (AvgIpc) is 2.45. The zero-order valence-corrected chi connectivity index (χ0v) is 14.5. The van der Waals surface area contributed by atoms with Gasteiger partial charge in [0.25, 0.3) is 0 Å². The maximum absolute atomic E-state index is 13.7. The van der Waals surface area contributed by atoms with E-state index in [-0.39, 0.29) is 16.8 Å². The van der Waals surface area contributed by atoms with Crippen LogP contribution < -0.4 is 4.74 Å². The standard InChI is InChI=1S/C16H14Br2F2O/c1-2-21-16-7-6-10(8-13(16)18)12(17)9-11-14(19)4-3-5-15(11)20/h3-8,12H,2,9H2,1H3. The van der Waals surface area contributed by atoms with E-state index in [1.807, 2.05) is 25.1 Å². The Kier molecular flexibility index (Phi) is 5.76. The molecule has 2 aromatic rings. The van der Waals surface area contributed by atoms with E-state index in [1.165, 1.54) is 18.2 Å². The van der Waals surface area contributed by atoms with Gasteiger partial charge in [-0.2, -0.15) is 0 Å². The summed E-state index contributed by atoms with van der Waals surface area (Å²) in [6.45, 7) is 2.49. The van der Waals surface area contributed by atoms with E-state index >= 15 is 0 Å². The van der Waals surface area contributed by atoms with Crippen molar-refractivity contribution in [2.45, 2.75) is 18.2 Å². The molecule has 0 radical (unpaired) electrons. The lowest BCUT2D eigenvalue weighted by Crippen LogP contribution is -2.02. The van der Waals surface area contributed by atoms with Crippen molar-refractivity contribution in [2.24, 2.45) is 0 Å². The monoisotopic (exact) mass is 418 g/mol. The molecule has 0 amide bonds. The number of halogens is 4. The van der Waals surface area contributed by atoms with Gasteiger partial charge in [-0.25, -0.2) is 8.78 Å². The van der Waals surface area contributed by atoms with E-state index < -0.39 is 11.6 Å². The lowest BCUT2D eigenvalue weighted by molar-refractivity contribution is 0.338. The normalized spacial score (nSPS) is 12.2. The van der Waals surface area contributed by atoms with Crippen molar-refractivity contribution in [3.63, 3.8) is 0 Å². The highest BCUT2D eigenvalue weighted by Gasteiger charge is 2.16. The van der Waals surface area contributed by atoms with Crippen molar-refractivity contribution < 1.29 is 13.5 Å². The van der Waals surface area contributed by atoms with Gasteiger partial charge in [0.2, 0.25) is 0 Å². The fraction of sp³-hybridized carbons (Fsp3) is 0.250. The van der Waals surface area contributed by atoms with Crippen molar-refractivity contribution >= 4 is 31.9 Å². The van der Waals surface area contributed by atoms with Crippen LogP contribution in [0.1, 0.15) is 22.9 Å². The first-order chi connectivity index (χ1) is 10.0. The van der Waals surface area contributed by atoms with Crippen molar-refractivity contribution in [3.8, 4) is 5.75 Å². The Morgan fingerprint density at radius 2 is 1.81 bits per heavy atom. The SMILES string of the molecule is CCOc1ccc(C(Br)Cc2c(F)cccc2F)cc1Br. The zero-order valence-electron chi connectivity index (χ0n) is 11.4. The quantitative estimate of drug-likeness (QED) is 0.556. The zero-order chi connectivity index (χ0) is 15.4. The van der Waals surface area contributed by atoms with Crippen LogP contribution in [0.25, 0.3) is 0 Å². The maximum atomic E-state index is 13.7. The molecule has 0 aliphatic rings. The van der Waals surface area contributed by atoms with Gasteiger partial charge in [0.1, 0.15) is 17.4 Å². The number of hydrogen-bond acceptors (Lipinski definition) is 1. The molecule has 21 heavy (non-hydrogen) atoms. The first kappa shape index (κ1) is 16.4. The predicted molar refractivity (Wildman–Crippen MR) is 87.0 cm³/mol. The third-order valence-electron chi connectivity index (χ3n) is 3.06. The van der Waals surface area contributed by atoms with Crippen LogP contribution in [-0.4, -0.2) is 6.61 Å². The molecule has 5 heteroatoms. The van der Waals surface area contributed by atoms with Crippen LogP contribution in [0.5, 0.6) is 5.75 Å². The molecule has 1 unspecified atom stereocenters. The second-order valence-corrected chi connectivity index (χ2v) is 6.45. The Morgan fingerprint density at radius 3 is 2.38 bits per heavy atom. The van der Waals surface area contributed by atoms with Crippen LogP contribution in [0.3, 0.4) is 0 Å². The Labute approximate surface area is 139 Å². The fourth-order valence-electron chi connectivity index (χ4n) is 2.01.